The Hall–Kier alpha value is -2.07. The number of nitrogens with zero attached hydrogens (tertiary/aromatic N) is 1. The number of benzene rings is 2. The van der Waals surface area contributed by atoms with Crippen LogP contribution in [0.15, 0.2) is 53.5 Å². The molecule has 31 heavy (non-hydrogen) atoms. The van der Waals surface area contributed by atoms with E-state index in [4.69, 9.17) is 14.2 Å². The lowest BCUT2D eigenvalue weighted by Crippen LogP contribution is -2.50. The van der Waals surface area contributed by atoms with Crippen LogP contribution in [-0.2, 0) is 10.2 Å². The molecule has 0 aromatic heterocycles. The zero-order valence-electron chi connectivity index (χ0n) is 17.6. The molecule has 2 N–H and O–H groups in total. The zero-order valence-corrected chi connectivity index (χ0v) is 19.9. The minimum Gasteiger partial charge on any atom is -0.486 e. The molecule has 6 nitrogen and oxygen atoms in total. The summed E-state index contributed by atoms with van der Waals surface area (Å²) in [6.07, 6.45) is 1.64. The van der Waals surface area contributed by atoms with Crippen LogP contribution in [0.2, 0.25) is 0 Å². The molecule has 8 heteroatoms. The van der Waals surface area contributed by atoms with E-state index in [1.54, 1.807) is 7.05 Å². The number of hydrogen-bond acceptors (Lipinski definition) is 4. The number of para-hydroxylation sites is 2. The lowest BCUT2D eigenvalue weighted by molar-refractivity contribution is 0.0513. The number of hydrogen-bond donors (Lipinski definition) is 2. The summed E-state index contributed by atoms with van der Waals surface area (Å²) in [6, 6.07) is 14.5. The van der Waals surface area contributed by atoms with Gasteiger partial charge in [-0.15, -0.1) is 24.0 Å². The van der Waals surface area contributed by atoms with Crippen molar-refractivity contribution in [1.29, 1.82) is 0 Å². The fourth-order valence-electron chi connectivity index (χ4n) is 3.98. The highest BCUT2D eigenvalue weighted by Gasteiger charge is 2.34. The van der Waals surface area contributed by atoms with E-state index in [2.05, 4.69) is 15.6 Å². The highest BCUT2D eigenvalue weighted by Crippen LogP contribution is 2.34. The third kappa shape index (κ3) is 5.79. The fraction of sp³-hybridized carbons (Fsp3) is 0.435. The van der Waals surface area contributed by atoms with Crippen LogP contribution in [0.3, 0.4) is 0 Å². The van der Waals surface area contributed by atoms with Crippen molar-refractivity contribution in [3.63, 3.8) is 0 Å². The molecule has 1 saturated heterocycles. The van der Waals surface area contributed by atoms with Crippen LogP contribution in [0.25, 0.3) is 0 Å². The molecular formula is C23H29FIN3O3. The van der Waals surface area contributed by atoms with E-state index in [1.165, 1.54) is 12.1 Å². The van der Waals surface area contributed by atoms with Crippen LogP contribution >= 0.6 is 24.0 Å². The maximum absolute atomic E-state index is 13.4. The topological polar surface area (TPSA) is 64.1 Å². The highest BCUT2D eigenvalue weighted by molar-refractivity contribution is 14.0. The largest absolute Gasteiger partial charge is 0.486 e. The van der Waals surface area contributed by atoms with Gasteiger partial charge in [-0.3, -0.25) is 4.99 Å². The highest BCUT2D eigenvalue weighted by atomic mass is 127. The van der Waals surface area contributed by atoms with Gasteiger partial charge in [0.25, 0.3) is 0 Å². The van der Waals surface area contributed by atoms with E-state index in [9.17, 15) is 4.39 Å². The average Bonchev–Trinajstić information content (AvgIpc) is 2.80. The van der Waals surface area contributed by atoms with Crippen molar-refractivity contribution in [1.82, 2.24) is 10.6 Å². The summed E-state index contributed by atoms with van der Waals surface area (Å²) in [5.41, 5.74) is 1.00. The first kappa shape index (κ1) is 23.6. The lowest BCUT2D eigenvalue weighted by atomic mass is 9.74. The minimum absolute atomic E-state index is 0. The second-order valence-corrected chi connectivity index (χ2v) is 7.70. The number of nitrogens with one attached hydrogen (secondary N) is 2. The van der Waals surface area contributed by atoms with E-state index in [0.29, 0.717) is 38.9 Å². The molecule has 4 rings (SSSR count). The van der Waals surface area contributed by atoms with Gasteiger partial charge in [-0.05, 0) is 42.7 Å². The van der Waals surface area contributed by atoms with Gasteiger partial charge < -0.3 is 24.8 Å². The summed E-state index contributed by atoms with van der Waals surface area (Å²) in [5, 5.41) is 6.77. The summed E-state index contributed by atoms with van der Waals surface area (Å²) in [6.45, 7) is 3.13. The van der Waals surface area contributed by atoms with E-state index >= 15 is 0 Å². The second-order valence-electron chi connectivity index (χ2n) is 7.70. The van der Waals surface area contributed by atoms with Crippen LogP contribution in [0.4, 0.5) is 4.39 Å². The van der Waals surface area contributed by atoms with Gasteiger partial charge in [-0.1, -0.05) is 24.3 Å². The van der Waals surface area contributed by atoms with Crippen LogP contribution in [-0.4, -0.2) is 52.0 Å². The van der Waals surface area contributed by atoms with E-state index in [1.807, 2.05) is 36.4 Å². The molecule has 0 spiro atoms. The number of rotatable bonds is 5. The second kappa shape index (κ2) is 11.0. The summed E-state index contributed by atoms with van der Waals surface area (Å²) >= 11 is 0. The van der Waals surface area contributed by atoms with Crippen LogP contribution < -0.4 is 20.1 Å². The fourth-order valence-corrected chi connectivity index (χ4v) is 3.98. The SMILES string of the molecule is CN=C(NCC1COc2ccccc2O1)NCC1(c2ccc(F)cc2)CCOCC1.I. The van der Waals surface area contributed by atoms with Crippen molar-refractivity contribution in [3.8, 4) is 11.5 Å². The molecule has 1 unspecified atom stereocenters. The molecule has 2 aliphatic heterocycles. The van der Waals surface area contributed by atoms with Crippen molar-refractivity contribution < 1.29 is 18.6 Å². The number of aliphatic imine (C=N–C) groups is 1. The number of guanidine groups is 1. The summed E-state index contributed by atoms with van der Waals surface area (Å²) in [5.74, 6) is 2.01. The summed E-state index contributed by atoms with van der Waals surface area (Å²) < 4.78 is 30.8. The predicted octanol–water partition coefficient (Wildman–Crippen LogP) is 3.50. The normalized spacial score (nSPS) is 19.8. The Kier molecular flexibility index (Phi) is 8.36. The Labute approximate surface area is 199 Å². The van der Waals surface area contributed by atoms with Crippen LogP contribution in [0.1, 0.15) is 18.4 Å². The number of ether oxygens (including phenoxy) is 3. The summed E-state index contributed by atoms with van der Waals surface area (Å²) in [7, 11) is 1.75. The molecular weight excluding hydrogens is 512 g/mol. The van der Waals surface area contributed by atoms with E-state index in [-0.39, 0.29) is 41.3 Å². The first-order chi connectivity index (χ1) is 14.7. The third-order valence-electron chi connectivity index (χ3n) is 5.79. The molecule has 2 heterocycles. The third-order valence-corrected chi connectivity index (χ3v) is 5.79. The standard InChI is InChI=1S/C23H28FN3O3.HI/c1-25-22(26-14-19-15-29-20-4-2-3-5-21(20)30-19)27-16-23(10-12-28-13-11-23)17-6-8-18(24)9-7-17;/h2-9,19H,10-16H2,1H3,(H2,25,26,27);1H. The van der Waals surface area contributed by atoms with Gasteiger partial charge in [0.1, 0.15) is 18.5 Å². The Bertz CT molecular complexity index is 873. The van der Waals surface area contributed by atoms with Gasteiger partial charge in [0.05, 0.1) is 6.54 Å². The maximum Gasteiger partial charge on any atom is 0.191 e. The van der Waals surface area contributed by atoms with Crippen molar-refractivity contribution in [3.05, 3.63) is 59.9 Å². The van der Waals surface area contributed by atoms with Gasteiger partial charge in [-0.25, -0.2) is 4.39 Å². The molecule has 2 aromatic rings. The van der Waals surface area contributed by atoms with Crippen molar-refractivity contribution >= 4 is 29.9 Å². The molecule has 0 bridgehead atoms. The smallest absolute Gasteiger partial charge is 0.191 e. The molecule has 2 aromatic carbocycles. The lowest BCUT2D eigenvalue weighted by Gasteiger charge is -2.38. The molecule has 0 saturated carbocycles. The van der Waals surface area contributed by atoms with Crippen LogP contribution in [0.5, 0.6) is 11.5 Å². The molecule has 2 aliphatic rings. The zero-order chi connectivity index (χ0) is 20.8. The van der Waals surface area contributed by atoms with Gasteiger partial charge in [0, 0.05) is 32.2 Å². The van der Waals surface area contributed by atoms with Crippen LogP contribution in [0, 0.1) is 5.82 Å². The van der Waals surface area contributed by atoms with E-state index < -0.39 is 0 Å². The first-order valence-corrected chi connectivity index (χ1v) is 10.4. The molecule has 0 aliphatic carbocycles. The minimum atomic E-state index is -0.220. The van der Waals surface area contributed by atoms with E-state index in [0.717, 1.165) is 29.9 Å². The number of halogens is 2. The molecule has 1 atom stereocenters. The maximum atomic E-state index is 13.4. The van der Waals surface area contributed by atoms with Gasteiger partial charge in [-0.2, -0.15) is 0 Å². The quantitative estimate of drug-likeness (QED) is 0.345. The Morgan fingerprint density at radius 1 is 1.06 bits per heavy atom. The van der Waals surface area contributed by atoms with Crippen molar-refractivity contribution in [2.45, 2.75) is 24.4 Å². The van der Waals surface area contributed by atoms with Gasteiger partial charge >= 0.3 is 0 Å². The Morgan fingerprint density at radius 3 is 2.48 bits per heavy atom. The molecule has 0 radical (unpaired) electrons. The molecule has 1 fully saturated rings. The average molecular weight is 541 g/mol. The van der Waals surface area contributed by atoms with Gasteiger partial charge in [0.15, 0.2) is 17.5 Å². The Balaban J connectivity index is 0.00000272. The van der Waals surface area contributed by atoms with Gasteiger partial charge in [0.2, 0.25) is 0 Å². The predicted molar refractivity (Wildman–Crippen MR) is 129 cm³/mol. The summed E-state index contributed by atoms with van der Waals surface area (Å²) in [4.78, 5) is 4.35. The Morgan fingerprint density at radius 2 is 1.77 bits per heavy atom. The number of fused-ring (bicyclic) bond motifs is 1. The van der Waals surface area contributed by atoms with Crippen molar-refractivity contribution in [2.75, 3.05) is 40.0 Å². The molecule has 168 valence electrons. The first-order valence-electron chi connectivity index (χ1n) is 10.4. The van der Waals surface area contributed by atoms with Crippen molar-refractivity contribution in [2.24, 2.45) is 4.99 Å². The monoisotopic (exact) mass is 541 g/mol. The molecule has 0 amide bonds.